The Morgan fingerprint density at radius 3 is 2.64 bits per heavy atom. The van der Waals surface area contributed by atoms with E-state index in [1.807, 2.05) is 36.5 Å². The van der Waals surface area contributed by atoms with Crippen LogP contribution in [0.5, 0.6) is 0 Å². The molecular weight excluding hydrogens is 447 g/mol. The second-order valence-electron chi connectivity index (χ2n) is 8.14. The van der Waals surface area contributed by atoms with Crippen molar-refractivity contribution in [1.29, 1.82) is 0 Å². The summed E-state index contributed by atoms with van der Waals surface area (Å²) in [5, 5.41) is 18.2. The van der Waals surface area contributed by atoms with Crippen molar-refractivity contribution < 1.29 is 22.7 Å². The molecule has 1 fully saturated rings. The molecule has 3 aromatic rings. The van der Waals surface area contributed by atoms with E-state index in [-0.39, 0.29) is 12.7 Å². The zero-order valence-electron chi connectivity index (χ0n) is 18.0. The Morgan fingerprint density at radius 2 is 1.88 bits per heavy atom. The van der Waals surface area contributed by atoms with Gasteiger partial charge in [0.2, 0.25) is 10.0 Å². The molecule has 0 unspecified atom stereocenters. The van der Waals surface area contributed by atoms with Crippen LogP contribution in [0.25, 0.3) is 0 Å². The molecule has 1 aromatic heterocycles. The third-order valence-corrected chi connectivity index (χ3v) is 7.25. The summed E-state index contributed by atoms with van der Waals surface area (Å²) in [6.07, 6.45) is 3.47. The Morgan fingerprint density at radius 1 is 1.12 bits per heavy atom. The van der Waals surface area contributed by atoms with Crippen molar-refractivity contribution in [3.05, 3.63) is 77.9 Å². The molecule has 33 heavy (non-hydrogen) atoms. The third kappa shape index (κ3) is 6.02. The third-order valence-electron chi connectivity index (χ3n) is 5.72. The summed E-state index contributed by atoms with van der Waals surface area (Å²) in [5.74, 6) is -0.820. The number of sulfonamides is 1. The first-order valence-corrected chi connectivity index (χ1v) is 12.4. The first-order chi connectivity index (χ1) is 15.9. The summed E-state index contributed by atoms with van der Waals surface area (Å²) < 4.78 is 49.4. The minimum atomic E-state index is -4.07. The van der Waals surface area contributed by atoms with Gasteiger partial charge in [0.15, 0.2) is 0 Å². The fourth-order valence-electron chi connectivity index (χ4n) is 4.01. The highest BCUT2D eigenvalue weighted by Crippen LogP contribution is 2.24. The van der Waals surface area contributed by atoms with Crippen LogP contribution in [-0.2, 0) is 27.7 Å². The number of benzene rings is 2. The second kappa shape index (κ2) is 10.5. The molecule has 3 atom stereocenters. The topological polar surface area (TPSA) is 106 Å². The number of hydrogen-bond donors (Lipinski definition) is 2. The molecule has 1 aliphatic rings. The zero-order valence-corrected chi connectivity index (χ0v) is 18.9. The fraction of sp³-hybridized carbons (Fsp3) is 0.391. The molecule has 1 saturated heterocycles. The lowest BCUT2D eigenvalue weighted by Gasteiger charge is -2.36. The van der Waals surface area contributed by atoms with E-state index >= 15 is 0 Å². The molecule has 0 aliphatic carbocycles. The Balaban J connectivity index is 1.30. The van der Waals surface area contributed by atoms with Crippen LogP contribution in [0.3, 0.4) is 0 Å². The molecule has 1 aliphatic heterocycles. The number of aliphatic hydroxyl groups is 1. The molecule has 0 amide bonds. The zero-order chi connectivity index (χ0) is 23.3. The van der Waals surface area contributed by atoms with Gasteiger partial charge in [-0.05, 0) is 37.0 Å². The largest absolute Gasteiger partial charge is 0.394 e. The maximum atomic E-state index is 14.0. The molecule has 2 aromatic carbocycles. The van der Waals surface area contributed by atoms with Gasteiger partial charge in [-0.3, -0.25) is 4.68 Å². The smallest absolute Gasteiger partial charge is 0.243 e. The monoisotopic (exact) mass is 474 g/mol. The van der Waals surface area contributed by atoms with Crippen molar-refractivity contribution in [1.82, 2.24) is 19.7 Å². The maximum Gasteiger partial charge on any atom is 0.243 e. The summed E-state index contributed by atoms with van der Waals surface area (Å²) in [6, 6.07) is 14.6. The highest BCUT2D eigenvalue weighted by Gasteiger charge is 2.34. The summed E-state index contributed by atoms with van der Waals surface area (Å²) in [5.41, 5.74) is 2.04. The van der Waals surface area contributed by atoms with Crippen LogP contribution in [0.4, 0.5) is 4.39 Å². The summed E-state index contributed by atoms with van der Waals surface area (Å²) in [7, 11) is -4.07. The average molecular weight is 475 g/mol. The van der Waals surface area contributed by atoms with E-state index < -0.39 is 32.9 Å². The van der Waals surface area contributed by atoms with Crippen LogP contribution >= 0.6 is 0 Å². The molecule has 0 spiro atoms. The summed E-state index contributed by atoms with van der Waals surface area (Å²) >= 11 is 0. The minimum absolute atomic E-state index is 0.155. The van der Waals surface area contributed by atoms with Gasteiger partial charge in [0.25, 0.3) is 0 Å². The van der Waals surface area contributed by atoms with Crippen molar-refractivity contribution in [2.75, 3.05) is 6.61 Å². The van der Waals surface area contributed by atoms with E-state index in [2.05, 4.69) is 15.0 Å². The number of hydrogen-bond acceptors (Lipinski definition) is 6. The van der Waals surface area contributed by atoms with Crippen molar-refractivity contribution in [3.8, 4) is 0 Å². The van der Waals surface area contributed by atoms with Crippen molar-refractivity contribution in [2.45, 2.75) is 55.4 Å². The number of nitrogens with zero attached hydrogens (tertiary/aromatic N) is 3. The Labute approximate surface area is 192 Å². The van der Waals surface area contributed by atoms with Crippen LogP contribution < -0.4 is 4.72 Å². The molecule has 0 bridgehead atoms. The SMILES string of the molecule is O=S(=O)(N[C@H]1CC[C@H](CCn2cc(Cc3ccccc3)nn2)O[C@H]1CO)c1ccccc1F. The number of aryl methyl sites for hydroxylation is 1. The van der Waals surface area contributed by atoms with Crippen molar-refractivity contribution in [3.63, 3.8) is 0 Å². The number of ether oxygens (including phenoxy) is 1. The van der Waals surface area contributed by atoms with Crippen LogP contribution in [0.2, 0.25) is 0 Å². The van der Waals surface area contributed by atoms with Gasteiger partial charge in [0.05, 0.1) is 30.6 Å². The molecule has 176 valence electrons. The highest BCUT2D eigenvalue weighted by molar-refractivity contribution is 7.89. The number of aliphatic hydroxyl groups excluding tert-OH is 1. The highest BCUT2D eigenvalue weighted by atomic mass is 32.2. The van der Waals surface area contributed by atoms with Gasteiger partial charge in [-0.25, -0.2) is 17.5 Å². The Hall–Kier alpha value is -2.66. The van der Waals surface area contributed by atoms with E-state index in [0.717, 1.165) is 17.3 Å². The fourth-order valence-corrected chi connectivity index (χ4v) is 5.39. The first kappa shape index (κ1) is 23.5. The predicted molar refractivity (Wildman–Crippen MR) is 119 cm³/mol. The van der Waals surface area contributed by atoms with Gasteiger partial charge < -0.3 is 9.84 Å². The number of halogens is 1. The van der Waals surface area contributed by atoms with Crippen LogP contribution in [0, 0.1) is 5.82 Å². The van der Waals surface area contributed by atoms with E-state index in [9.17, 15) is 17.9 Å². The molecule has 8 nitrogen and oxygen atoms in total. The molecule has 0 saturated carbocycles. The average Bonchev–Trinajstić information content (AvgIpc) is 3.26. The van der Waals surface area contributed by atoms with Gasteiger partial charge in [0, 0.05) is 19.2 Å². The van der Waals surface area contributed by atoms with E-state index in [4.69, 9.17) is 4.74 Å². The second-order valence-corrected chi connectivity index (χ2v) is 9.82. The molecule has 2 heterocycles. The molecule has 0 radical (unpaired) electrons. The summed E-state index contributed by atoms with van der Waals surface area (Å²) in [4.78, 5) is -0.415. The van der Waals surface area contributed by atoms with E-state index in [1.54, 1.807) is 4.68 Å². The van der Waals surface area contributed by atoms with Crippen LogP contribution in [0.1, 0.15) is 30.5 Å². The van der Waals surface area contributed by atoms with Gasteiger partial charge in [-0.2, -0.15) is 0 Å². The maximum absolute atomic E-state index is 14.0. The van der Waals surface area contributed by atoms with E-state index in [0.29, 0.717) is 32.2 Å². The standard InChI is InChI=1S/C23H27FN4O4S/c24-20-8-4-5-9-23(20)33(30,31)26-21-11-10-19(32-22(21)16-29)12-13-28-15-18(25-27-28)14-17-6-2-1-3-7-17/h1-9,15,19,21-22,26,29H,10-14,16H2/t19-,21+,22+/m1/s1. The number of nitrogens with one attached hydrogen (secondary N) is 1. The van der Waals surface area contributed by atoms with Gasteiger partial charge in [-0.1, -0.05) is 47.7 Å². The van der Waals surface area contributed by atoms with Gasteiger partial charge >= 0.3 is 0 Å². The molecule has 10 heteroatoms. The van der Waals surface area contributed by atoms with Crippen molar-refractivity contribution >= 4 is 10.0 Å². The molecule has 4 rings (SSSR count). The van der Waals surface area contributed by atoms with Gasteiger partial charge in [0.1, 0.15) is 10.7 Å². The Bertz CT molecular complexity index is 1160. The number of rotatable bonds is 9. The normalized spacial score (nSPS) is 21.2. The van der Waals surface area contributed by atoms with Crippen molar-refractivity contribution in [2.24, 2.45) is 0 Å². The Kier molecular flexibility index (Phi) is 7.49. The molecular formula is C23H27FN4O4S. The quantitative estimate of drug-likeness (QED) is 0.493. The lowest BCUT2D eigenvalue weighted by Crippen LogP contribution is -2.51. The lowest BCUT2D eigenvalue weighted by atomic mass is 9.98. The number of aromatic nitrogens is 3. The van der Waals surface area contributed by atoms with Gasteiger partial charge in [-0.15, -0.1) is 5.10 Å². The lowest BCUT2D eigenvalue weighted by molar-refractivity contribution is -0.0891. The predicted octanol–water partition coefficient (Wildman–Crippen LogP) is 2.29. The molecule has 2 N–H and O–H groups in total. The minimum Gasteiger partial charge on any atom is -0.394 e. The van der Waals surface area contributed by atoms with Crippen LogP contribution in [0.15, 0.2) is 65.7 Å². The first-order valence-electron chi connectivity index (χ1n) is 10.9. The summed E-state index contributed by atoms with van der Waals surface area (Å²) in [6.45, 7) is 0.252. The van der Waals surface area contributed by atoms with E-state index in [1.165, 1.54) is 18.2 Å². The van der Waals surface area contributed by atoms with Crippen LogP contribution in [-0.4, -0.2) is 53.4 Å².